The molecule has 64 valence electrons. The van der Waals surface area contributed by atoms with Crippen LogP contribution < -0.4 is 16.2 Å². The van der Waals surface area contributed by atoms with Crippen LogP contribution in [-0.2, 0) is 0 Å². The van der Waals surface area contributed by atoms with Crippen LogP contribution in [0.3, 0.4) is 0 Å². The quantitative estimate of drug-likeness (QED) is 0.670. The predicted octanol–water partition coefficient (Wildman–Crippen LogP) is 0.421. The van der Waals surface area contributed by atoms with E-state index in [1.807, 2.05) is 0 Å². The summed E-state index contributed by atoms with van der Waals surface area (Å²) in [6.07, 6.45) is 1.61. The third-order valence-electron chi connectivity index (χ3n) is 1.67. The molecule has 1 aromatic carbocycles. The summed E-state index contributed by atoms with van der Waals surface area (Å²) in [7, 11) is 0. The smallest absolute Gasteiger partial charge is 0.249 e. The fourth-order valence-electron chi connectivity index (χ4n) is 0.985. The molecular weight excluding hydrogens is 168 g/mol. The van der Waals surface area contributed by atoms with Crippen molar-refractivity contribution in [2.24, 2.45) is 0 Å². The summed E-state index contributed by atoms with van der Waals surface area (Å²) in [5.74, 6) is 0.564. The zero-order chi connectivity index (χ0) is 9.26. The molecule has 0 spiro atoms. The van der Waals surface area contributed by atoms with Gasteiger partial charge in [0.1, 0.15) is 5.82 Å². The van der Waals surface area contributed by atoms with Gasteiger partial charge in [-0.2, -0.15) is 0 Å². The van der Waals surface area contributed by atoms with Gasteiger partial charge < -0.3 is 5.32 Å². The van der Waals surface area contributed by atoms with Gasteiger partial charge in [-0.3, -0.25) is 9.59 Å². The summed E-state index contributed by atoms with van der Waals surface area (Å²) in [6.45, 7) is 0. The summed E-state index contributed by atoms with van der Waals surface area (Å²) >= 11 is 0. The maximum Gasteiger partial charge on any atom is 0.249 e. The molecule has 0 aliphatic rings. The van der Waals surface area contributed by atoms with Crippen molar-refractivity contribution < 1.29 is 0 Å². The molecule has 2 rings (SSSR count). The van der Waals surface area contributed by atoms with E-state index in [0.717, 1.165) is 0 Å². The number of hydrogen-bond donors (Lipinski definition) is 1. The number of hydrogen-bond acceptors (Lipinski definition) is 4. The zero-order valence-corrected chi connectivity index (χ0v) is 6.65. The molecule has 1 heterocycles. The van der Waals surface area contributed by atoms with Crippen LogP contribution in [0, 0.1) is 0 Å². The highest BCUT2D eigenvalue weighted by molar-refractivity contribution is 5.57. The van der Waals surface area contributed by atoms with Crippen LogP contribution in [0.4, 0.5) is 11.5 Å². The number of aromatic nitrogens is 1. The Bertz CT molecular complexity index is 483. The molecule has 1 aromatic heterocycles. The van der Waals surface area contributed by atoms with Crippen molar-refractivity contribution >= 4 is 11.5 Å². The summed E-state index contributed by atoms with van der Waals surface area (Å²) in [5, 5.41) is 2.74. The van der Waals surface area contributed by atoms with Gasteiger partial charge in [-0.15, -0.1) is 0 Å². The first-order valence-corrected chi connectivity index (χ1v) is 3.76. The number of nitrogens with zero attached hydrogens (tertiary/aromatic N) is 1. The van der Waals surface area contributed by atoms with Crippen molar-refractivity contribution in [3.63, 3.8) is 0 Å². The first-order chi connectivity index (χ1) is 6.27. The van der Waals surface area contributed by atoms with Crippen LogP contribution in [0.5, 0.6) is 0 Å². The predicted molar refractivity (Wildman–Crippen MR) is 48.9 cm³/mol. The molecule has 0 bridgehead atoms. The SMILES string of the molecule is O=c1cc(Nc2ccccn2)c1=O. The second-order valence-corrected chi connectivity index (χ2v) is 2.59. The van der Waals surface area contributed by atoms with Gasteiger partial charge in [-0.25, -0.2) is 4.98 Å². The van der Waals surface area contributed by atoms with Gasteiger partial charge in [-0.1, -0.05) is 6.07 Å². The second-order valence-electron chi connectivity index (χ2n) is 2.59. The molecular formula is C9H6N2O2. The highest BCUT2D eigenvalue weighted by atomic mass is 16.2. The van der Waals surface area contributed by atoms with Gasteiger partial charge >= 0.3 is 0 Å². The highest BCUT2D eigenvalue weighted by Gasteiger charge is 2.08. The van der Waals surface area contributed by atoms with Crippen molar-refractivity contribution in [2.75, 3.05) is 5.32 Å². The lowest BCUT2D eigenvalue weighted by atomic mass is 10.2. The fraction of sp³-hybridized carbons (Fsp3) is 0. The van der Waals surface area contributed by atoms with E-state index in [2.05, 4.69) is 10.3 Å². The van der Waals surface area contributed by atoms with Crippen molar-refractivity contribution in [3.05, 3.63) is 50.9 Å². The standard InChI is InChI=1S/C9H6N2O2/c12-7-5-6(9(7)13)11-8-3-1-2-4-10-8/h1-5H,(H,10,11). The molecule has 2 aromatic rings. The Balaban J connectivity index is 2.23. The van der Waals surface area contributed by atoms with Crippen LogP contribution in [-0.4, -0.2) is 4.98 Å². The number of pyridine rings is 1. The van der Waals surface area contributed by atoms with Gasteiger partial charge in [0, 0.05) is 12.3 Å². The normalized spacial score (nSPS) is 10.2. The molecule has 0 saturated carbocycles. The third kappa shape index (κ3) is 1.33. The van der Waals surface area contributed by atoms with Crippen molar-refractivity contribution in [1.82, 2.24) is 4.98 Å². The molecule has 4 heteroatoms. The molecule has 4 nitrogen and oxygen atoms in total. The molecule has 0 radical (unpaired) electrons. The van der Waals surface area contributed by atoms with Crippen molar-refractivity contribution in [3.8, 4) is 0 Å². The van der Waals surface area contributed by atoms with Crippen LogP contribution >= 0.6 is 0 Å². The molecule has 1 N–H and O–H groups in total. The first-order valence-electron chi connectivity index (χ1n) is 3.76. The lowest BCUT2D eigenvalue weighted by Gasteiger charge is -2.03. The third-order valence-corrected chi connectivity index (χ3v) is 1.67. The van der Waals surface area contributed by atoms with E-state index in [1.54, 1.807) is 24.4 Å². The Morgan fingerprint density at radius 3 is 2.62 bits per heavy atom. The number of rotatable bonds is 2. The van der Waals surface area contributed by atoms with Crippen molar-refractivity contribution in [1.29, 1.82) is 0 Å². The highest BCUT2D eigenvalue weighted by Crippen LogP contribution is 2.07. The van der Waals surface area contributed by atoms with Gasteiger partial charge in [0.15, 0.2) is 0 Å². The molecule has 0 aliphatic heterocycles. The topological polar surface area (TPSA) is 59.1 Å². The fourth-order valence-corrected chi connectivity index (χ4v) is 0.985. The van der Waals surface area contributed by atoms with Gasteiger partial charge in [-0.05, 0) is 12.1 Å². The van der Waals surface area contributed by atoms with Crippen LogP contribution in [0.1, 0.15) is 0 Å². The van der Waals surface area contributed by atoms with E-state index in [1.165, 1.54) is 6.07 Å². The van der Waals surface area contributed by atoms with Gasteiger partial charge in [0.05, 0.1) is 5.69 Å². The summed E-state index contributed by atoms with van der Waals surface area (Å²) in [6, 6.07) is 6.54. The van der Waals surface area contributed by atoms with E-state index < -0.39 is 10.9 Å². The maximum atomic E-state index is 10.9. The average Bonchev–Trinajstić information content (AvgIpc) is 2.19. The minimum Gasteiger partial charge on any atom is -0.337 e. The van der Waals surface area contributed by atoms with E-state index in [4.69, 9.17) is 0 Å². The van der Waals surface area contributed by atoms with Crippen LogP contribution in [0.25, 0.3) is 0 Å². The maximum absolute atomic E-state index is 10.9. The Kier molecular flexibility index (Phi) is 1.66. The monoisotopic (exact) mass is 174 g/mol. The largest absolute Gasteiger partial charge is 0.337 e. The summed E-state index contributed by atoms with van der Waals surface area (Å²) < 4.78 is 0. The lowest BCUT2D eigenvalue weighted by molar-refractivity contribution is 1.28. The van der Waals surface area contributed by atoms with Crippen LogP contribution in [0.2, 0.25) is 0 Å². The minimum atomic E-state index is -0.481. The number of anilines is 2. The summed E-state index contributed by atoms with van der Waals surface area (Å²) in [4.78, 5) is 25.3. The first kappa shape index (κ1) is 7.67. The number of nitrogens with one attached hydrogen (secondary N) is 1. The average molecular weight is 174 g/mol. The molecule has 0 atom stereocenters. The van der Waals surface area contributed by atoms with E-state index in [9.17, 15) is 9.59 Å². The van der Waals surface area contributed by atoms with E-state index >= 15 is 0 Å². The minimum absolute atomic E-state index is 0.309. The Labute approximate surface area is 73.6 Å². The summed E-state index contributed by atoms with van der Waals surface area (Å²) in [5.41, 5.74) is -0.632. The van der Waals surface area contributed by atoms with E-state index in [-0.39, 0.29) is 0 Å². The lowest BCUT2D eigenvalue weighted by Crippen LogP contribution is -2.31. The van der Waals surface area contributed by atoms with E-state index in [0.29, 0.717) is 11.5 Å². The van der Waals surface area contributed by atoms with Crippen molar-refractivity contribution in [2.45, 2.75) is 0 Å². The van der Waals surface area contributed by atoms with Gasteiger partial charge in [0.2, 0.25) is 10.9 Å². The Morgan fingerprint density at radius 2 is 2.08 bits per heavy atom. The molecule has 0 unspecified atom stereocenters. The molecule has 0 saturated heterocycles. The molecule has 0 amide bonds. The van der Waals surface area contributed by atoms with Gasteiger partial charge in [0.25, 0.3) is 0 Å². The zero-order valence-electron chi connectivity index (χ0n) is 6.65. The second kappa shape index (κ2) is 2.82. The molecule has 13 heavy (non-hydrogen) atoms. The molecule has 0 fully saturated rings. The Morgan fingerprint density at radius 1 is 1.23 bits per heavy atom. The van der Waals surface area contributed by atoms with Crippen LogP contribution in [0.15, 0.2) is 40.1 Å². The molecule has 0 aliphatic carbocycles. The Hall–Kier alpha value is -1.97.